The second-order valence-corrected chi connectivity index (χ2v) is 3.59. The summed E-state index contributed by atoms with van der Waals surface area (Å²) in [6.45, 7) is 1.34. The molecule has 0 bridgehead atoms. The molecule has 0 aromatic heterocycles. The third kappa shape index (κ3) is 1.08. The zero-order valence-corrected chi connectivity index (χ0v) is 7.51. The van der Waals surface area contributed by atoms with Gasteiger partial charge in [0.15, 0.2) is 4.75 Å². The molecule has 0 aromatic rings. The van der Waals surface area contributed by atoms with Crippen molar-refractivity contribution < 1.29 is 14.4 Å². The molecule has 0 aromatic carbocycles. The van der Waals surface area contributed by atoms with Gasteiger partial charge in [-0.25, -0.2) is 4.79 Å². The maximum absolute atomic E-state index is 11.2. The van der Waals surface area contributed by atoms with Crippen molar-refractivity contribution in [3.63, 3.8) is 0 Å². The molecule has 1 aliphatic rings. The Hall–Kier alpha value is -1.04. The van der Waals surface area contributed by atoms with Crippen LogP contribution in [0, 0.1) is 0 Å². The quantitative estimate of drug-likeness (QED) is 0.393. The van der Waals surface area contributed by atoms with E-state index in [9.17, 15) is 14.4 Å². The van der Waals surface area contributed by atoms with Crippen LogP contribution in [0.4, 0.5) is 4.79 Å². The second-order valence-electron chi connectivity index (χ2n) is 2.70. The van der Waals surface area contributed by atoms with Crippen LogP contribution in [0.2, 0.25) is 0 Å². The van der Waals surface area contributed by atoms with Gasteiger partial charge in [0.25, 0.3) is 11.8 Å². The van der Waals surface area contributed by atoms with E-state index in [2.05, 4.69) is 12.6 Å². The van der Waals surface area contributed by atoms with E-state index in [1.54, 1.807) is 0 Å². The number of amides is 4. The lowest BCUT2D eigenvalue weighted by atomic mass is 10.1. The molecule has 0 aliphatic carbocycles. The van der Waals surface area contributed by atoms with Crippen molar-refractivity contribution >= 4 is 30.5 Å². The summed E-state index contributed by atoms with van der Waals surface area (Å²) >= 11 is 3.85. The van der Waals surface area contributed by atoms with Gasteiger partial charge < -0.3 is 0 Å². The van der Waals surface area contributed by atoms with Crippen LogP contribution in [-0.4, -0.2) is 34.5 Å². The first-order valence-electron chi connectivity index (χ1n) is 3.23. The van der Waals surface area contributed by atoms with Gasteiger partial charge in [-0.3, -0.25) is 19.8 Å². The zero-order chi connectivity index (χ0) is 9.52. The van der Waals surface area contributed by atoms with Gasteiger partial charge in [-0.15, -0.1) is 0 Å². The molecule has 1 unspecified atom stereocenters. The van der Waals surface area contributed by atoms with Gasteiger partial charge in [0.05, 0.1) is 0 Å². The lowest BCUT2D eigenvalue weighted by Gasteiger charge is -2.31. The van der Waals surface area contributed by atoms with Crippen molar-refractivity contribution in [1.82, 2.24) is 10.2 Å². The lowest BCUT2D eigenvalue weighted by molar-refractivity contribution is -0.138. The molecular formula is C6H8N2O3S. The van der Waals surface area contributed by atoms with Crippen LogP contribution in [0.1, 0.15) is 6.92 Å². The summed E-state index contributed by atoms with van der Waals surface area (Å²) in [7, 11) is 1.29. The predicted molar refractivity (Wildman–Crippen MR) is 43.7 cm³/mol. The number of imide groups is 2. The minimum absolute atomic E-state index is 0.611. The Balaban J connectivity index is 3.04. The third-order valence-corrected chi connectivity index (χ3v) is 2.08. The van der Waals surface area contributed by atoms with Crippen molar-refractivity contribution in [2.45, 2.75) is 11.7 Å². The number of carbonyl (C=O) groups excluding carboxylic acids is 3. The van der Waals surface area contributed by atoms with E-state index in [-0.39, 0.29) is 0 Å². The number of hydrogen-bond donors (Lipinski definition) is 2. The second kappa shape index (κ2) is 2.48. The highest BCUT2D eigenvalue weighted by molar-refractivity contribution is 7.83. The van der Waals surface area contributed by atoms with Crippen LogP contribution in [0.3, 0.4) is 0 Å². The van der Waals surface area contributed by atoms with Crippen molar-refractivity contribution in [1.29, 1.82) is 0 Å². The molecule has 1 fully saturated rings. The molecule has 4 amide bonds. The van der Waals surface area contributed by atoms with Crippen LogP contribution in [-0.2, 0) is 9.59 Å². The monoisotopic (exact) mass is 188 g/mol. The maximum Gasteiger partial charge on any atom is 0.330 e. The number of urea groups is 1. The summed E-state index contributed by atoms with van der Waals surface area (Å²) in [5.41, 5.74) is 0. The smallest absolute Gasteiger partial charge is 0.276 e. The first kappa shape index (κ1) is 9.05. The molecular weight excluding hydrogens is 180 g/mol. The first-order valence-corrected chi connectivity index (χ1v) is 3.68. The third-order valence-electron chi connectivity index (χ3n) is 1.69. The maximum atomic E-state index is 11.2. The van der Waals surface area contributed by atoms with Gasteiger partial charge in [0.1, 0.15) is 0 Å². The highest BCUT2D eigenvalue weighted by Crippen LogP contribution is 2.20. The number of nitrogens with zero attached hydrogens (tertiary/aromatic N) is 1. The molecule has 5 nitrogen and oxygen atoms in total. The molecule has 0 spiro atoms. The van der Waals surface area contributed by atoms with Gasteiger partial charge >= 0.3 is 6.03 Å². The summed E-state index contributed by atoms with van der Waals surface area (Å²) in [6.07, 6.45) is 0. The van der Waals surface area contributed by atoms with Crippen molar-refractivity contribution in [3.8, 4) is 0 Å². The highest BCUT2D eigenvalue weighted by atomic mass is 32.1. The zero-order valence-electron chi connectivity index (χ0n) is 6.62. The molecule has 0 saturated carbocycles. The molecule has 1 atom stereocenters. The van der Waals surface area contributed by atoms with Crippen LogP contribution < -0.4 is 5.32 Å². The van der Waals surface area contributed by atoms with Crippen LogP contribution in [0.25, 0.3) is 0 Å². The lowest BCUT2D eigenvalue weighted by Crippen LogP contribution is -2.63. The largest absolute Gasteiger partial charge is 0.330 e. The molecule has 66 valence electrons. The molecule has 1 N–H and O–H groups in total. The van der Waals surface area contributed by atoms with E-state index in [1.165, 1.54) is 14.0 Å². The van der Waals surface area contributed by atoms with Crippen molar-refractivity contribution in [2.75, 3.05) is 7.05 Å². The fraction of sp³-hybridized carbons (Fsp3) is 0.500. The van der Waals surface area contributed by atoms with Gasteiger partial charge in [-0.05, 0) is 6.92 Å². The van der Waals surface area contributed by atoms with E-state index < -0.39 is 22.6 Å². The van der Waals surface area contributed by atoms with Crippen LogP contribution in [0.5, 0.6) is 0 Å². The van der Waals surface area contributed by atoms with E-state index in [4.69, 9.17) is 0 Å². The van der Waals surface area contributed by atoms with E-state index in [0.29, 0.717) is 0 Å². The molecule has 0 radical (unpaired) electrons. The minimum atomic E-state index is -1.44. The standard InChI is InChI=1S/C6H8N2O3S/c1-6(12)3(9)7-5(11)8(2)4(6)10/h12H,1-2H3,(H,7,9,11). The molecule has 1 saturated heterocycles. The fourth-order valence-corrected chi connectivity index (χ4v) is 1.02. The molecule has 1 rings (SSSR count). The number of barbiturate groups is 1. The molecule has 1 heterocycles. The predicted octanol–water partition coefficient (Wildman–Crippen LogP) is -0.617. The summed E-state index contributed by atoms with van der Waals surface area (Å²) in [5.74, 6) is -1.29. The Morgan fingerprint density at radius 3 is 2.42 bits per heavy atom. The van der Waals surface area contributed by atoms with E-state index in [0.717, 1.165) is 4.90 Å². The van der Waals surface area contributed by atoms with Gasteiger partial charge in [-0.1, -0.05) is 0 Å². The molecule has 12 heavy (non-hydrogen) atoms. The van der Waals surface area contributed by atoms with E-state index >= 15 is 0 Å². The number of rotatable bonds is 0. The average Bonchev–Trinajstić information content (AvgIpc) is 1.99. The summed E-state index contributed by atoms with van der Waals surface area (Å²) in [4.78, 5) is 33.9. The number of thiol groups is 1. The highest BCUT2D eigenvalue weighted by Gasteiger charge is 2.46. The molecule has 1 aliphatic heterocycles. The number of hydrogen-bond acceptors (Lipinski definition) is 4. The SMILES string of the molecule is CN1C(=O)NC(=O)C(C)(S)C1=O. The Labute approximate surface area is 74.5 Å². The Bertz CT molecular complexity index is 274. The summed E-state index contributed by atoms with van der Waals surface area (Å²) < 4.78 is -1.44. The van der Waals surface area contributed by atoms with E-state index in [1.807, 2.05) is 5.32 Å². The Morgan fingerprint density at radius 2 is 1.92 bits per heavy atom. The molecule has 6 heteroatoms. The fourth-order valence-electron chi connectivity index (χ4n) is 0.819. The summed E-state index contributed by atoms with van der Waals surface area (Å²) in [6, 6.07) is -0.712. The van der Waals surface area contributed by atoms with Gasteiger partial charge in [0, 0.05) is 7.05 Å². The minimum Gasteiger partial charge on any atom is -0.276 e. The number of carbonyl (C=O) groups is 3. The Kier molecular flexibility index (Phi) is 1.87. The first-order chi connectivity index (χ1) is 5.37. The van der Waals surface area contributed by atoms with Crippen LogP contribution in [0.15, 0.2) is 0 Å². The Morgan fingerprint density at radius 1 is 1.42 bits per heavy atom. The van der Waals surface area contributed by atoms with Gasteiger partial charge in [-0.2, -0.15) is 12.6 Å². The van der Waals surface area contributed by atoms with Crippen molar-refractivity contribution in [3.05, 3.63) is 0 Å². The topological polar surface area (TPSA) is 66.5 Å². The van der Waals surface area contributed by atoms with Crippen LogP contribution >= 0.6 is 12.6 Å². The normalized spacial score (nSPS) is 30.6. The van der Waals surface area contributed by atoms with Gasteiger partial charge in [0.2, 0.25) is 0 Å². The average molecular weight is 188 g/mol. The summed E-state index contributed by atoms with van der Waals surface area (Å²) in [5, 5.41) is 2.00. The van der Waals surface area contributed by atoms with Crippen molar-refractivity contribution in [2.24, 2.45) is 0 Å². The number of nitrogens with one attached hydrogen (secondary N) is 1.